The minimum Gasteiger partial charge on any atom is -0.343 e. The number of hydrogen-bond donors (Lipinski definition) is 1. The van der Waals surface area contributed by atoms with Crippen molar-refractivity contribution in [3.8, 4) is 0 Å². The summed E-state index contributed by atoms with van der Waals surface area (Å²) in [4.78, 5) is 13.9. The number of nitrogens with zero attached hydrogens (tertiary/aromatic N) is 1. The van der Waals surface area contributed by atoms with E-state index in [9.17, 15) is 4.79 Å². The maximum Gasteiger partial charge on any atom is 0.222 e. The van der Waals surface area contributed by atoms with Gasteiger partial charge >= 0.3 is 0 Å². The van der Waals surface area contributed by atoms with Crippen molar-refractivity contribution < 1.29 is 4.79 Å². The summed E-state index contributed by atoms with van der Waals surface area (Å²) in [6, 6.07) is 0.308. The SMILES string of the molecule is CCCC(C)CC(=O)N1CCC(N)CC1. The summed E-state index contributed by atoms with van der Waals surface area (Å²) < 4.78 is 0. The topological polar surface area (TPSA) is 46.3 Å². The zero-order valence-corrected chi connectivity index (χ0v) is 10.0. The average molecular weight is 212 g/mol. The third-order valence-corrected chi connectivity index (χ3v) is 3.20. The Morgan fingerprint density at radius 1 is 1.47 bits per heavy atom. The van der Waals surface area contributed by atoms with Gasteiger partial charge in [0.15, 0.2) is 0 Å². The molecule has 1 aliphatic rings. The molecule has 2 N–H and O–H groups in total. The molecule has 0 saturated carbocycles. The van der Waals surface area contributed by atoms with E-state index in [2.05, 4.69) is 13.8 Å². The summed E-state index contributed by atoms with van der Waals surface area (Å²) in [5.74, 6) is 0.848. The second kappa shape index (κ2) is 6.11. The van der Waals surface area contributed by atoms with Crippen molar-refractivity contribution >= 4 is 5.91 Å². The molecule has 88 valence electrons. The molecule has 1 rings (SSSR count). The highest BCUT2D eigenvalue weighted by atomic mass is 16.2. The summed E-state index contributed by atoms with van der Waals surface area (Å²) in [6.45, 7) is 6.05. The molecule has 1 saturated heterocycles. The van der Waals surface area contributed by atoms with E-state index in [-0.39, 0.29) is 0 Å². The van der Waals surface area contributed by atoms with Crippen molar-refractivity contribution in [1.82, 2.24) is 4.90 Å². The first kappa shape index (κ1) is 12.5. The van der Waals surface area contributed by atoms with Crippen LogP contribution >= 0.6 is 0 Å². The predicted octanol–water partition coefficient (Wildman–Crippen LogP) is 1.76. The molecule has 1 unspecified atom stereocenters. The summed E-state index contributed by atoms with van der Waals surface area (Å²) in [5.41, 5.74) is 5.81. The molecule has 0 aromatic heterocycles. The number of likely N-dealkylation sites (tertiary alicyclic amines) is 1. The average Bonchev–Trinajstić information content (AvgIpc) is 2.18. The van der Waals surface area contributed by atoms with Crippen LogP contribution in [0.4, 0.5) is 0 Å². The van der Waals surface area contributed by atoms with E-state index in [1.807, 2.05) is 4.90 Å². The van der Waals surface area contributed by atoms with Gasteiger partial charge in [0.2, 0.25) is 5.91 Å². The Bertz CT molecular complexity index is 198. The second-order valence-corrected chi connectivity index (χ2v) is 4.82. The van der Waals surface area contributed by atoms with E-state index >= 15 is 0 Å². The first-order chi connectivity index (χ1) is 7.13. The maximum absolute atomic E-state index is 11.9. The number of carbonyl (C=O) groups excluding carboxylic acids is 1. The van der Waals surface area contributed by atoms with Gasteiger partial charge in [-0.15, -0.1) is 0 Å². The van der Waals surface area contributed by atoms with Crippen LogP contribution in [0.3, 0.4) is 0 Å². The van der Waals surface area contributed by atoms with Crippen LogP contribution in [-0.2, 0) is 4.79 Å². The molecular weight excluding hydrogens is 188 g/mol. The fourth-order valence-electron chi connectivity index (χ4n) is 2.17. The Balaban J connectivity index is 2.27. The van der Waals surface area contributed by atoms with E-state index in [1.54, 1.807) is 0 Å². The molecule has 3 heteroatoms. The Morgan fingerprint density at radius 2 is 2.07 bits per heavy atom. The van der Waals surface area contributed by atoms with Crippen LogP contribution in [0.5, 0.6) is 0 Å². The van der Waals surface area contributed by atoms with E-state index in [1.165, 1.54) is 6.42 Å². The number of nitrogens with two attached hydrogens (primary N) is 1. The van der Waals surface area contributed by atoms with Crippen LogP contribution < -0.4 is 5.73 Å². The maximum atomic E-state index is 11.9. The largest absolute Gasteiger partial charge is 0.343 e. The van der Waals surface area contributed by atoms with Gasteiger partial charge in [0.1, 0.15) is 0 Å². The van der Waals surface area contributed by atoms with E-state index < -0.39 is 0 Å². The van der Waals surface area contributed by atoms with Crippen LogP contribution in [0.15, 0.2) is 0 Å². The Hall–Kier alpha value is -0.570. The van der Waals surface area contributed by atoms with Crippen LogP contribution in [0, 0.1) is 5.92 Å². The molecule has 0 aliphatic carbocycles. The minimum absolute atomic E-state index is 0.308. The number of piperidine rings is 1. The number of carbonyl (C=O) groups is 1. The quantitative estimate of drug-likeness (QED) is 0.772. The van der Waals surface area contributed by atoms with Gasteiger partial charge in [-0.05, 0) is 18.8 Å². The Labute approximate surface area is 93.0 Å². The molecular formula is C12H24N2O. The van der Waals surface area contributed by atoms with Crippen molar-refractivity contribution in [3.63, 3.8) is 0 Å². The monoisotopic (exact) mass is 212 g/mol. The lowest BCUT2D eigenvalue weighted by Crippen LogP contribution is -2.43. The molecule has 3 nitrogen and oxygen atoms in total. The highest BCUT2D eigenvalue weighted by molar-refractivity contribution is 5.76. The molecule has 0 spiro atoms. The van der Waals surface area contributed by atoms with Crippen molar-refractivity contribution in [2.75, 3.05) is 13.1 Å². The lowest BCUT2D eigenvalue weighted by molar-refractivity contribution is -0.133. The summed E-state index contributed by atoms with van der Waals surface area (Å²) in [6.07, 6.45) is 4.96. The first-order valence-electron chi connectivity index (χ1n) is 6.16. The van der Waals surface area contributed by atoms with Gasteiger partial charge < -0.3 is 10.6 Å². The highest BCUT2D eigenvalue weighted by Gasteiger charge is 2.21. The predicted molar refractivity (Wildman–Crippen MR) is 62.5 cm³/mol. The van der Waals surface area contributed by atoms with Gasteiger partial charge in [-0.25, -0.2) is 0 Å². The van der Waals surface area contributed by atoms with Gasteiger partial charge in [0.25, 0.3) is 0 Å². The minimum atomic E-state index is 0.308. The van der Waals surface area contributed by atoms with E-state index in [0.717, 1.165) is 32.4 Å². The third-order valence-electron chi connectivity index (χ3n) is 3.20. The molecule has 0 aromatic carbocycles. The molecule has 1 aliphatic heterocycles. The zero-order valence-electron chi connectivity index (χ0n) is 10.0. The molecule has 1 atom stereocenters. The molecule has 15 heavy (non-hydrogen) atoms. The number of hydrogen-bond acceptors (Lipinski definition) is 2. The zero-order chi connectivity index (χ0) is 11.3. The van der Waals surface area contributed by atoms with Crippen molar-refractivity contribution in [1.29, 1.82) is 0 Å². The second-order valence-electron chi connectivity index (χ2n) is 4.82. The Kier molecular flexibility index (Phi) is 5.09. The van der Waals surface area contributed by atoms with Gasteiger partial charge in [-0.3, -0.25) is 4.79 Å². The first-order valence-corrected chi connectivity index (χ1v) is 6.16. The van der Waals surface area contributed by atoms with Crippen molar-refractivity contribution in [2.24, 2.45) is 11.7 Å². The molecule has 0 bridgehead atoms. The molecule has 0 aromatic rings. The van der Waals surface area contributed by atoms with Gasteiger partial charge in [-0.1, -0.05) is 26.7 Å². The molecule has 1 amide bonds. The normalized spacial score (nSPS) is 20.3. The van der Waals surface area contributed by atoms with Crippen LogP contribution in [0.1, 0.15) is 46.0 Å². The van der Waals surface area contributed by atoms with Gasteiger partial charge in [0, 0.05) is 25.6 Å². The molecule has 1 heterocycles. The highest BCUT2D eigenvalue weighted by Crippen LogP contribution is 2.15. The lowest BCUT2D eigenvalue weighted by Gasteiger charge is -2.31. The Morgan fingerprint density at radius 3 is 2.60 bits per heavy atom. The smallest absolute Gasteiger partial charge is 0.222 e. The van der Waals surface area contributed by atoms with E-state index in [0.29, 0.717) is 24.3 Å². The number of amides is 1. The standard InChI is InChI=1S/C12H24N2O/c1-3-4-10(2)9-12(15)14-7-5-11(13)6-8-14/h10-11H,3-9,13H2,1-2H3. The van der Waals surface area contributed by atoms with Gasteiger partial charge in [-0.2, -0.15) is 0 Å². The van der Waals surface area contributed by atoms with Crippen LogP contribution in [0.2, 0.25) is 0 Å². The molecule has 1 fully saturated rings. The van der Waals surface area contributed by atoms with Crippen LogP contribution in [0.25, 0.3) is 0 Å². The van der Waals surface area contributed by atoms with Crippen LogP contribution in [-0.4, -0.2) is 29.9 Å². The summed E-state index contributed by atoms with van der Waals surface area (Å²) in [5, 5.41) is 0. The molecule has 0 radical (unpaired) electrons. The third kappa shape index (κ3) is 4.20. The fraction of sp³-hybridized carbons (Fsp3) is 0.917. The fourth-order valence-corrected chi connectivity index (χ4v) is 2.17. The van der Waals surface area contributed by atoms with Gasteiger partial charge in [0.05, 0.1) is 0 Å². The summed E-state index contributed by atoms with van der Waals surface area (Å²) in [7, 11) is 0. The lowest BCUT2D eigenvalue weighted by atomic mass is 10.00. The van der Waals surface area contributed by atoms with E-state index in [4.69, 9.17) is 5.73 Å². The van der Waals surface area contributed by atoms with Crippen molar-refractivity contribution in [2.45, 2.75) is 52.0 Å². The number of rotatable bonds is 4. The van der Waals surface area contributed by atoms with Crippen molar-refractivity contribution in [3.05, 3.63) is 0 Å². The summed E-state index contributed by atoms with van der Waals surface area (Å²) >= 11 is 0.